The standard InChI is InChI=1S/C28H28N6O2.C2H6/c1-16-2-6-23-22(10-16)24(8-9-30-23)36-19-11-20-21(12-19)27(20)26(17-3-4-17)28(35)33-25-7-5-18(13-31-25)34-15-29-14-32-34;1-2/h2,5-10,13-15,17,19-21,26-27H,3-4,11-12H2,1H3,(H,31,33,35);1-2H3/t19?,20-,21+,26?,27?;. The molecule has 8 nitrogen and oxygen atoms in total. The molecular formula is C30H34N6O2. The van der Waals surface area contributed by atoms with Gasteiger partial charge in [0, 0.05) is 17.5 Å². The van der Waals surface area contributed by atoms with Crippen molar-refractivity contribution in [1.82, 2.24) is 24.7 Å². The minimum absolute atomic E-state index is 0.0714. The van der Waals surface area contributed by atoms with Crippen LogP contribution in [0.1, 0.15) is 45.1 Å². The molecule has 0 spiro atoms. The van der Waals surface area contributed by atoms with Gasteiger partial charge in [0.15, 0.2) is 0 Å². The number of anilines is 1. The Morgan fingerprint density at radius 3 is 2.58 bits per heavy atom. The molecular weight excluding hydrogens is 476 g/mol. The molecule has 3 heterocycles. The maximum atomic E-state index is 13.4. The molecule has 3 aliphatic rings. The van der Waals surface area contributed by atoms with Gasteiger partial charge in [-0.1, -0.05) is 25.5 Å². The van der Waals surface area contributed by atoms with Gasteiger partial charge in [-0.3, -0.25) is 9.78 Å². The Balaban J connectivity index is 0.00000129. The van der Waals surface area contributed by atoms with Crippen molar-refractivity contribution in [3.05, 3.63) is 67.0 Å². The number of pyridine rings is 2. The number of ether oxygens (including phenoxy) is 1. The van der Waals surface area contributed by atoms with Crippen molar-refractivity contribution < 1.29 is 9.53 Å². The summed E-state index contributed by atoms with van der Waals surface area (Å²) in [5.74, 6) is 3.80. The molecule has 3 aromatic heterocycles. The summed E-state index contributed by atoms with van der Waals surface area (Å²) in [5, 5.41) is 8.28. The average molecular weight is 511 g/mol. The number of amides is 1. The van der Waals surface area contributed by atoms with Gasteiger partial charge in [0.05, 0.1) is 23.5 Å². The smallest absolute Gasteiger partial charge is 0.229 e. The zero-order valence-corrected chi connectivity index (χ0v) is 22.1. The Kier molecular flexibility index (Phi) is 6.55. The third kappa shape index (κ3) is 4.75. The molecule has 1 amide bonds. The van der Waals surface area contributed by atoms with E-state index in [4.69, 9.17) is 4.74 Å². The number of benzene rings is 1. The number of carbonyl (C=O) groups excluding carboxylic acids is 1. The highest BCUT2D eigenvalue weighted by Gasteiger charge is 2.63. The van der Waals surface area contributed by atoms with E-state index < -0.39 is 0 Å². The van der Waals surface area contributed by atoms with Crippen molar-refractivity contribution in [2.45, 2.75) is 52.6 Å². The quantitative estimate of drug-likeness (QED) is 0.347. The monoisotopic (exact) mass is 510 g/mol. The third-order valence-electron chi connectivity index (χ3n) is 8.15. The summed E-state index contributed by atoms with van der Waals surface area (Å²) in [6.07, 6.45) is 11.2. The number of rotatable bonds is 7. The van der Waals surface area contributed by atoms with Crippen LogP contribution in [0.25, 0.3) is 16.6 Å². The van der Waals surface area contributed by atoms with Gasteiger partial charge >= 0.3 is 0 Å². The van der Waals surface area contributed by atoms with Gasteiger partial charge in [-0.15, -0.1) is 0 Å². The van der Waals surface area contributed by atoms with Crippen LogP contribution in [0.3, 0.4) is 0 Å². The first-order valence-corrected chi connectivity index (χ1v) is 13.8. The molecule has 1 aromatic carbocycles. The van der Waals surface area contributed by atoms with Crippen molar-refractivity contribution in [1.29, 1.82) is 0 Å². The molecule has 3 fully saturated rings. The number of hydrogen-bond acceptors (Lipinski definition) is 6. The Labute approximate surface area is 222 Å². The molecule has 5 atom stereocenters. The largest absolute Gasteiger partial charge is 0.490 e. The normalized spacial score (nSPS) is 24.2. The number of carbonyl (C=O) groups is 1. The van der Waals surface area contributed by atoms with Crippen LogP contribution in [-0.2, 0) is 4.79 Å². The fourth-order valence-corrected chi connectivity index (χ4v) is 6.29. The summed E-state index contributed by atoms with van der Waals surface area (Å²) in [7, 11) is 0. The highest BCUT2D eigenvalue weighted by Crippen LogP contribution is 2.64. The average Bonchev–Trinajstić information content (AvgIpc) is 3.75. The Morgan fingerprint density at radius 2 is 1.89 bits per heavy atom. The lowest BCUT2D eigenvalue weighted by atomic mass is 9.91. The fourth-order valence-electron chi connectivity index (χ4n) is 6.29. The summed E-state index contributed by atoms with van der Waals surface area (Å²) >= 11 is 0. The third-order valence-corrected chi connectivity index (χ3v) is 8.15. The molecule has 3 aliphatic carbocycles. The zero-order valence-electron chi connectivity index (χ0n) is 22.1. The molecule has 7 rings (SSSR count). The van der Waals surface area contributed by atoms with Gasteiger partial charge < -0.3 is 10.1 Å². The fraction of sp³-hybridized carbons (Fsp3) is 0.433. The van der Waals surface area contributed by atoms with Gasteiger partial charge in [0.1, 0.15) is 24.2 Å². The number of nitrogens with zero attached hydrogens (tertiary/aromatic N) is 5. The second-order valence-electron chi connectivity index (χ2n) is 10.5. The van der Waals surface area contributed by atoms with E-state index in [1.165, 1.54) is 11.9 Å². The van der Waals surface area contributed by atoms with Crippen molar-refractivity contribution in [3.63, 3.8) is 0 Å². The Hall–Kier alpha value is -3.81. The van der Waals surface area contributed by atoms with Crippen LogP contribution in [0, 0.1) is 36.5 Å². The van der Waals surface area contributed by atoms with Gasteiger partial charge in [-0.2, -0.15) is 5.10 Å². The SMILES string of the molecule is CC.Cc1ccc2nccc(OC3C[C@@H]4C(C(C(=O)Nc5ccc(-n6cncn6)cn5)C5CC5)[C@@H]4C3)c2c1. The van der Waals surface area contributed by atoms with Crippen molar-refractivity contribution in [2.75, 3.05) is 5.32 Å². The minimum Gasteiger partial charge on any atom is -0.490 e. The van der Waals surface area contributed by atoms with Crippen LogP contribution in [0.5, 0.6) is 5.75 Å². The second kappa shape index (κ2) is 10.2. The van der Waals surface area contributed by atoms with E-state index in [0.29, 0.717) is 29.5 Å². The van der Waals surface area contributed by atoms with Crippen molar-refractivity contribution in [3.8, 4) is 11.4 Å². The Bertz CT molecular complexity index is 1400. The minimum atomic E-state index is 0.0714. The van der Waals surface area contributed by atoms with Crippen molar-refractivity contribution in [2.24, 2.45) is 29.6 Å². The molecule has 8 heteroatoms. The molecule has 3 unspecified atom stereocenters. The summed E-state index contributed by atoms with van der Waals surface area (Å²) in [6, 6.07) is 12.0. The van der Waals surface area contributed by atoms with Crippen LogP contribution >= 0.6 is 0 Å². The Morgan fingerprint density at radius 1 is 1.08 bits per heavy atom. The number of nitrogens with one attached hydrogen (secondary N) is 1. The summed E-state index contributed by atoms with van der Waals surface area (Å²) in [6.45, 7) is 6.09. The highest BCUT2D eigenvalue weighted by molar-refractivity contribution is 5.92. The molecule has 0 radical (unpaired) electrons. The first-order valence-electron chi connectivity index (χ1n) is 13.8. The number of hydrogen-bond donors (Lipinski definition) is 1. The second-order valence-corrected chi connectivity index (χ2v) is 10.5. The van der Waals surface area contributed by atoms with Crippen LogP contribution < -0.4 is 10.1 Å². The van der Waals surface area contributed by atoms with Gasteiger partial charge in [-0.25, -0.2) is 14.6 Å². The van der Waals surface area contributed by atoms with Crippen molar-refractivity contribution >= 4 is 22.6 Å². The van der Waals surface area contributed by atoms with E-state index in [-0.39, 0.29) is 17.9 Å². The van der Waals surface area contributed by atoms with E-state index in [9.17, 15) is 4.79 Å². The molecule has 0 saturated heterocycles. The number of aryl methyl sites for hydroxylation is 1. The lowest BCUT2D eigenvalue weighted by molar-refractivity contribution is -0.121. The van der Waals surface area contributed by atoms with E-state index >= 15 is 0 Å². The molecule has 0 bridgehead atoms. The van der Waals surface area contributed by atoms with Gasteiger partial charge in [-0.05, 0) is 86.6 Å². The molecule has 3 saturated carbocycles. The van der Waals surface area contributed by atoms with Gasteiger partial charge in [0.2, 0.25) is 5.91 Å². The summed E-state index contributed by atoms with van der Waals surface area (Å²) < 4.78 is 8.13. The summed E-state index contributed by atoms with van der Waals surface area (Å²) in [5.41, 5.74) is 2.98. The van der Waals surface area contributed by atoms with Crippen LogP contribution in [0.4, 0.5) is 5.82 Å². The van der Waals surface area contributed by atoms with E-state index in [1.807, 2.05) is 38.2 Å². The molecule has 0 aliphatic heterocycles. The lowest BCUT2D eigenvalue weighted by Crippen LogP contribution is -2.29. The number of aromatic nitrogens is 5. The van der Waals surface area contributed by atoms with Crippen LogP contribution in [0.15, 0.2) is 61.4 Å². The first-order chi connectivity index (χ1) is 18.6. The predicted molar refractivity (Wildman–Crippen MR) is 146 cm³/mol. The van der Waals surface area contributed by atoms with Crippen LogP contribution in [-0.4, -0.2) is 36.7 Å². The molecule has 196 valence electrons. The lowest BCUT2D eigenvalue weighted by Gasteiger charge is -2.22. The maximum absolute atomic E-state index is 13.4. The zero-order chi connectivity index (χ0) is 26.2. The van der Waals surface area contributed by atoms with E-state index in [1.54, 1.807) is 17.2 Å². The molecule has 4 aromatic rings. The van der Waals surface area contributed by atoms with E-state index in [0.717, 1.165) is 48.0 Å². The van der Waals surface area contributed by atoms with Crippen LogP contribution in [0.2, 0.25) is 0 Å². The summed E-state index contributed by atoms with van der Waals surface area (Å²) in [4.78, 5) is 26.2. The molecule has 1 N–H and O–H groups in total. The molecule has 38 heavy (non-hydrogen) atoms. The van der Waals surface area contributed by atoms with Gasteiger partial charge in [0.25, 0.3) is 0 Å². The topological polar surface area (TPSA) is 94.8 Å². The highest BCUT2D eigenvalue weighted by atomic mass is 16.5. The maximum Gasteiger partial charge on any atom is 0.229 e. The predicted octanol–water partition coefficient (Wildman–Crippen LogP) is 5.61. The number of fused-ring (bicyclic) bond motifs is 2. The van der Waals surface area contributed by atoms with E-state index in [2.05, 4.69) is 50.5 Å². The first kappa shape index (κ1) is 24.5.